The van der Waals surface area contributed by atoms with E-state index in [2.05, 4.69) is 38.3 Å². The topological polar surface area (TPSA) is 58.2 Å². The number of hydrogen-bond acceptors (Lipinski definition) is 2. The third-order valence-electron chi connectivity index (χ3n) is 7.61. The fourth-order valence-electron chi connectivity index (χ4n) is 5.27. The zero-order valence-corrected chi connectivity index (χ0v) is 19.2. The second-order valence-corrected chi connectivity index (χ2v) is 10.2. The molecule has 166 valence electrons. The standard InChI is InChI=1S/C26H40N2O2/c1-17(2)19-9-13-21(14-10-19)25(29)27-23-7-5-6-8-24(23)28-26(30)22-15-11-20(12-16-22)18(3)4/h5-8,17-22H,9-16H2,1-4H3,(H,27,29)(H,28,30). The lowest BCUT2D eigenvalue weighted by atomic mass is 9.76. The lowest BCUT2D eigenvalue weighted by Gasteiger charge is -2.31. The maximum Gasteiger partial charge on any atom is 0.227 e. The van der Waals surface area contributed by atoms with E-state index in [1.54, 1.807) is 0 Å². The number of benzene rings is 1. The molecule has 2 fully saturated rings. The minimum Gasteiger partial charge on any atom is -0.324 e. The first kappa shape index (κ1) is 22.8. The highest BCUT2D eigenvalue weighted by atomic mass is 16.2. The lowest BCUT2D eigenvalue weighted by molar-refractivity contribution is -0.122. The predicted molar refractivity (Wildman–Crippen MR) is 124 cm³/mol. The average Bonchev–Trinajstić information content (AvgIpc) is 2.75. The lowest BCUT2D eigenvalue weighted by Crippen LogP contribution is -2.30. The van der Waals surface area contributed by atoms with Gasteiger partial charge >= 0.3 is 0 Å². The van der Waals surface area contributed by atoms with Gasteiger partial charge < -0.3 is 10.6 Å². The molecule has 2 saturated carbocycles. The van der Waals surface area contributed by atoms with Crippen LogP contribution >= 0.6 is 0 Å². The smallest absolute Gasteiger partial charge is 0.227 e. The molecule has 2 aliphatic carbocycles. The fraction of sp³-hybridized carbons (Fsp3) is 0.692. The van der Waals surface area contributed by atoms with Crippen LogP contribution in [0.25, 0.3) is 0 Å². The summed E-state index contributed by atoms with van der Waals surface area (Å²) in [5.74, 6) is 3.22. The quantitative estimate of drug-likeness (QED) is 0.561. The molecule has 0 heterocycles. The van der Waals surface area contributed by atoms with Gasteiger partial charge in [0.25, 0.3) is 0 Å². The molecule has 0 spiro atoms. The Bertz CT molecular complexity index is 650. The summed E-state index contributed by atoms with van der Waals surface area (Å²) in [4.78, 5) is 25.7. The number of hydrogen-bond donors (Lipinski definition) is 2. The molecule has 4 nitrogen and oxygen atoms in total. The first-order chi connectivity index (χ1) is 14.3. The Morgan fingerprint density at radius 3 is 1.30 bits per heavy atom. The largest absolute Gasteiger partial charge is 0.324 e. The molecule has 2 N–H and O–H groups in total. The van der Waals surface area contributed by atoms with Gasteiger partial charge in [-0.3, -0.25) is 9.59 Å². The minimum atomic E-state index is 0.0788. The number of rotatable bonds is 6. The molecule has 3 rings (SSSR count). The van der Waals surface area contributed by atoms with E-state index in [4.69, 9.17) is 0 Å². The summed E-state index contributed by atoms with van der Waals surface area (Å²) in [5.41, 5.74) is 1.44. The van der Waals surface area contributed by atoms with E-state index >= 15 is 0 Å². The Hall–Kier alpha value is -1.84. The van der Waals surface area contributed by atoms with Crippen molar-refractivity contribution in [2.45, 2.75) is 79.1 Å². The van der Waals surface area contributed by atoms with E-state index in [-0.39, 0.29) is 23.7 Å². The summed E-state index contributed by atoms with van der Waals surface area (Å²) in [6.45, 7) is 9.11. The van der Waals surface area contributed by atoms with E-state index in [0.717, 1.165) is 74.6 Å². The third-order valence-corrected chi connectivity index (χ3v) is 7.61. The molecular weight excluding hydrogens is 372 g/mol. The van der Waals surface area contributed by atoms with Gasteiger partial charge in [0.15, 0.2) is 0 Å². The first-order valence-electron chi connectivity index (χ1n) is 12.1. The van der Waals surface area contributed by atoms with Crippen molar-refractivity contribution in [2.75, 3.05) is 10.6 Å². The van der Waals surface area contributed by atoms with Crippen molar-refractivity contribution in [1.82, 2.24) is 0 Å². The highest BCUT2D eigenvalue weighted by Gasteiger charge is 2.29. The van der Waals surface area contributed by atoms with Gasteiger partial charge in [-0.2, -0.15) is 0 Å². The van der Waals surface area contributed by atoms with Crippen molar-refractivity contribution in [1.29, 1.82) is 0 Å². The molecule has 0 atom stereocenters. The van der Waals surface area contributed by atoms with Crippen LogP contribution in [0.3, 0.4) is 0 Å². The molecule has 30 heavy (non-hydrogen) atoms. The van der Waals surface area contributed by atoms with Gasteiger partial charge in [-0.15, -0.1) is 0 Å². The van der Waals surface area contributed by atoms with Gasteiger partial charge in [0.2, 0.25) is 11.8 Å². The molecule has 0 unspecified atom stereocenters. The summed E-state index contributed by atoms with van der Waals surface area (Å²) >= 11 is 0. The third kappa shape index (κ3) is 5.86. The second-order valence-electron chi connectivity index (χ2n) is 10.2. The molecular formula is C26H40N2O2. The summed E-state index contributed by atoms with van der Waals surface area (Å²) in [5, 5.41) is 6.20. The number of para-hydroxylation sites is 2. The maximum absolute atomic E-state index is 12.9. The van der Waals surface area contributed by atoms with Crippen molar-refractivity contribution < 1.29 is 9.59 Å². The fourth-order valence-corrected chi connectivity index (χ4v) is 5.27. The number of nitrogens with one attached hydrogen (secondary N) is 2. The maximum atomic E-state index is 12.9. The SMILES string of the molecule is CC(C)C1CCC(C(=O)Nc2ccccc2NC(=O)C2CCC(C(C)C)CC2)CC1. The van der Waals surface area contributed by atoms with Crippen LogP contribution in [0.5, 0.6) is 0 Å². The predicted octanol–water partition coefficient (Wildman–Crippen LogP) is 6.49. The zero-order valence-electron chi connectivity index (χ0n) is 19.2. The van der Waals surface area contributed by atoms with Crippen LogP contribution in [0.15, 0.2) is 24.3 Å². The molecule has 0 saturated heterocycles. The van der Waals surface area contributed by atoms with Gasteiger partial charge in [0.05, 0.1) is 11.4 Å². The second kappa shape index (κ2) is 10.5. The van der Waals surface area contributed by atoms with Crippen LogP contribution in [0.2, 0.25) is 0 Å². The number of amides is 2. The molecule has 1 aromatic carbocycles. The summed E-state index contributed by atoms with van der Waals surface area (Å²) in [6, 6.07) is 7.61. The average molecular weight is 413 g/mol. The van der Waals surface area contributed by atoms with Gasteiger partial charge in [-0.25, -0.2) is 0 Å². The molecule has 0 bridgehead atoms. The number of carbonyl (C=O) groups excluding carboxylic acids is 2. The monoisotopic (exact) mass is 412 g/mol. The molecule has 2 aliphatic rings. The summed E-state index contributed by atoms with van der Waals surface area (Å²) < 4.78 is 0. The molecule has 4 heteroatoms. The number of anilines is 2. The van der Waals surface area contributed by atoms with Crippen molar-refractivity contribution in [3.8, 4) is 0 Å². The van der Waals surface area contributed by atoms with Crippen molar-refractivity contribution in [2.24, 2.45) is 35.5 Å². The van der Waals surface area contributed by atoms with Crippen molar-refractivity contribution in [3.05, 3.63) is 24.3 Å². The molecule has 0 radical (unpaired) electrons. The Morgan fingerprint density at radius 1 is 0.667 bits per heavy atom. The Labute approximate surface area is 182 Å². The van der Waals surface area contributed by atoms with Crippen LogP contribution in [-0.2, 0) is 9.59 Å². The van der Waals surface area contributed by atoms with E-state index in [1.807, 2.05) is 24.3 Å². The highest BCUT2D eigenvalue weighted by Crippen LogP contribution is 2.36. The molecule has 2 amide bonds. The molecule has 0 aliphatic heterocycles. The Morgan fingerprint density at radius 2 is 1.00 bits per heavy atom. The zero-order chi connectivity index (χ0) is 21.7. The molecule has 0 aromatic heterocycles. The first-order valence-corrected chi connectivity index (χ1v) is 12.1. The highest BCUT2D eigenvalue weighted by molar-refractivity contribution is 6.00. The molecule has 1 aromatic rings. The number of carbonyl (C=O) groups is 2. The van der Waals surface area contributed by atoms with Crippen LogP contribution in [0.4, 0.5) is 11.4 Å². The van der Waals surface area contributed by atoms with Crippen LogP contribution < -0.4 is 10.6 Å². The van der Waals surface area contributed by atoms with E-state index in [9.17, 15) is 9.59 Å². The van der Waals surface area contributed by atoms with Gasteiger partial charge in [0, 0.05) is 11.8 Å². The Balaban J connectivity index is 1.56. The van der Waals surface area contributed by atoms with E-state index in [0.29, 0.717) is 11.8 Å². The van der Waals surface area contributed by atoms with Crippen LogP contribution in [-0.4, -0.2) is 11.8 Å². The van der Waals surface area contributed by atoms with Gasteiger partial charge in [-0.05, 0) is 87.2 Å². The van der Waals surface area contributed by atoms with E-state index < -0.39 is 0 Å². The van der Waals surface area contributed by atoms with E-state index in [1.165, 1.54) is 0 Å². The van der Waals surface area contributed by atoms with Crippen molar-refractivity contribution in [3.63, 3.8) is 0 Å². The summed E-state index contributed by atoms with van der Waals surface area (Å²) in [7, 11) is 0. The van der Waals surface area contributed by atoms with Gasteiger partial charge in [0.1, 0.15) is 0 Å². The van der Waals surface area contributed by atoms with Crippen LogP contribution in [0.1, 0.15) is 79.1 Å². The Kier molecular flexibility index (Phi) is 7.96. The van der Waals surface area contributed by atoms with Crippen LogP contribution in [0, 0.1) is 35.5 Å². The van der Waals surface area contributed by atoms with Gasteiger partial charge in [-0.1, -0.05) is 39.8 Å². The van der Waals surface area contributed by atoms with Crippen molar-refractivity contribution >= 4 is 23.2 Å². The summed E-state index contributed by atoms with van der Waals surface area (Å²) in [6.07, 6.45) is 8.37. The normalized spacial score (nSPS) is 27.1. The minimum absolute atomic E-state index is 0.0788.